The summed E-state index contributed by atoms with van der Waals surface area (Å²) in [4.78, 5) is 13.6. The van der Waals surface area contributed by atoms with E-state index in [0.29, 0.717) is 32.2 Å². The van der Waals surface area contributed by atoms with Crippen molar-refractivity contribution < 1.29 is 41.0 Å². The highest BCUT2D eigenvalue weighted by molar-refractivity contribution is 6.76. The number of piperidine rings is 1. The van der Waals surface area contributed by atoms with Crippen LogP contribution in [0.25, 0.3) is 0 Å². The molecule has 206 valence electrons. The number of rotatable bonds is 12. The van der Waals surface area contributed by atoms with Crippen LogP contribution in [0.2, 0.25) is 25.7 Å². The van der Waals surface area contributed by atoms with Crippen LogP contribution in [0.1, 0.15) is 63.0 Å². The molecule has 0 unspecified atom stereocenters. The van der Waals surface area contributed by atoms with Gasteiger partial charge in [-0.2, -0.15) is 13.2 Å². The minimum absolute atomic E-state index is 0.00472. The van der Waals surface area contributed by atoms with Gasteiger partial charge in [0.2, 0.25) is 0 Å². The Kier molecular flexibility index (Phi) is 10.7. The van der Waals surface area contributed by atoms with Gasteiger partial charge in [0.1, 0.15) is 5.75 Å². The van der Waals surface area contributed by atoms with Gasteiger partial charge in [-0.25, -0.2) is 0 Å². The molecule has 1 N–H and O–H groups in total. The maximum absolute atomic E-state index is 12.7. The maximum Gasteiger partial charge on any atom is 0.573 e. The van der Waals surface area contributed by atoms with Crippen molar-refractivity contribution in [3.63, 3.8) is 0 Å². The molecule has 1 aromatic rings. The number of aliphatic carboxylic acids is 1. The largest absolute Gasteiger partial charge is 0.573 e. The number of unbranched alkanes of at least 4 members (excludes halogenated alkanes) is 1. The van der Waals surface area contributed by atoms with Gasteiger partial charge in [0, 0.05) is 33.0 Å². The molecule has 0 radical (unpaired) electrons. The molecule has 1 aliphatic rings. The van der Waals surface area contributed by atoms with Gasteiger partial charge in [-0.3, -0.25) is 9.69 Å². The summed E-state index contributed by atoms with van der Waals surface area (Å²) in [6.07, 6.45) is -6.72. The van der Waals surface area contributed by atoms with E-state index in [-0.39, 0.29) is 36.6 Å². The highest BCUT2D eigenvalue weighted by atomic mass is 28.3. The van der Waals surface area contributed by atoms with Crippen molar-refractivity contribution in [1.29, 1.82) is 0 Å². The molecular weight excluding hydrogens is 504 g/mol. The Labute approximate surface area is 210 Å². The Bertz CT molecular complexity index is 823. The third-order valence-corrected chi connectivity index (χ3v) is 8.45. The van der Waals surface area contributed by atoms with Crippen LogP contribution in [-0.2, 0) is 4.79 Å². The number of benzene rings is 1. The summed E-state index contributed by atoms with van der Waals surface area (Å²) < 4.78 is 79.8. The fourth-order valence-electron chi connectivity index (χ4n) is 4.93. The lowest BCUT2D eigenvalue weighted by Gasteiger charge is -2.45. The fourth-order valence-corrected chi connectivity index (χ4v) is 6.13. The first-order valence-corrected chi connectivity index (χ1v) is 16.1. The third kappa shape index (κ3) is 11.5. The Morgan fingerprint density at radius 3 is 2.25 bits per heavy atom. The lowest BCUT2D eigenvalue weighted by molar-refractivity contribution is -0.274. The molecule has 1 fully saturated rings. The van der Waals surface area contributed by atoms with Crippen molar-refractivity contribution in [3.8, 4) is 5.75 Å². The molecule has 1 aromatic carbocycles. The first-order chi connectivity index (χ1) is 16.5. The second kappa shape index (κ2) is 12.7. The second-order valence-electron chi connectivity index (χ2n) is 11.0. The number of carbonyl (C=O) groups is 1. The van der Waals surface area contributed by atoms with Gasteiger partial charge in [-0.1, -0.05) is 44.2 Å². The average molecular weight is 542 g/mol. The average Bonchev–Trinajstić information content (AvgIpc) is 2.71. The van der Waals surface area contributed by atoms with Crippen molar-refractivity contribution in [2.45, 2.75) is 102 Å². The summed E-state index contributed by atoms with van der Waals surface area (Å²) in [5.74, 6) is -1.32. The molecule has 0 spiro atoms. The molecule has 0 aromatic heterocycles. The van der Waals surface area contributed by atoms with Gasteiger partial charge in [0.15, 0.2) is 0 Å². The van der Waals surface area contributed by atoms with E-state index in [9.17, 15) is 36.2 Å². The quantitative estimate of drug-likeness (QED) is 0.165. The van der Waals surface area contributed by atoms with Crippen LogP contribution in [0.4, 0.5) is 26.3 Å². The van der Waals surface area contributed by atoms with E-state index in [1.54, 1.807) is 12.1 Å². The Morgan fingerprint density at radius 1 is 1.08 bits per heavy atom. The van der Waals surface area contributed by atoms with Crippen molar-refractivity contribution in [2.24, 2.45) is 5.92 Å². The van der Waals surface area contributed by atoms with Crippen LogP contribution in [0, 0.1) is 5.92 Å². The number of ether oxygens (including phenoxy) is 1. The van der Waals surface area contributed by atoms with Crippen molar-refractivity contribution >= 4 is 14.0 Å². The Morgan fingerprint density at radius 2 is 1.72 bits per heavy atom. The number of hydrogen-bond acceptors (Lipinski definition) is 3. The molecule has 36 heavy (non-hydrogen) atoms. The van der Waals surface area contributed by atoms with Crippen molar-refractivity contribution in [3.05, 3.63) is 29.8 Å². The number of carboxylic acids is 1. The van der Waals surface area contributed by atoms with Crippen molar-refractivity contribution in [1.82, 2.24) is 4.90 Å². The zero-order valence-electron chi connectivity index (χ0n) is 21.1. The molecule has 1 aliphatic heterocycles. The van der Waals surface area contributed by atoms with E-state index in [4.69, 9.17) is 0 Å². The lowest BCUT2D eigenvalue weighted by atomic mass is 9.83. The molecule has 3 atom stereocenters. The fraction of sp³-hybridized carbons (Fsp3) is 0.720. The first kappa shape index (κ1) is 30.5. The topological polar surface area (TPSA) is 49.8 Å². The number of halogens is 6. The molecule has 2 rings (SSSR count). The summed E-state index contributed by atoms with van der Waals surface area (Å²) in [5.41, 5.74) is 0.757. The monoisotopic (exact) mass is 541 g/mol. The predicted octanol–water partition coefficient (Wildman–Crippen LogP) is 8.03. The molecule has 1 saturated heterocycles. The number of hydrogen-bond donors (Lipinski definition) is 1. The normalized spacial score (nSPS) is 20.8. The van der Waals surface area contributed by atoms with Gasteiger partial charge in [-0.05, 0) is 62.3 Å². The van der Waals surface area contributed by atoms with E-state index in [1.165, 1.54) is 12.1 Å². The van der Waals surface area contributed by atoms with Crippen LogP contribution in [0.15, 0.2) is 24.3 Å². The second-order valence-corrected chi connectivity index (χ2v) is 16.6. The van der Waals surface area contributed by atoms with Crippen LogP contribution in [0.3, 0.4) is 0 Å². The molecular formula is C25H37F6NO3Si. The van der Waals surface area contributed by atoms with Gasteiger partial charge < -0.3 is 9.84 Å². The van der Waals surface area contributed by atoms with Gasteiger partial charge in [-0.15, -0.1) is 13.2 Å². The molecule has 11 heteroatoms. The number of nitrogens with zero attached hydrogens (tertiary/aromatic N) is 1. The van der Waals surface area contributed by atoms with Crippen LogP contribution < -0.4 is 4.74 Å². The predicted molar refractivity (Wildman–Crippen MR) is 129 cm³/mol. The van der Waals surface area contributed by atoms with Gasteiger partial charge in [0.25, 0.3) is 0 Å². The van der Waals surface area contributed by atoms with E-state index in [0.717, 1.165) is 18.0 Å². The number of carboxylic acid groups (broad SMARTS) is 1. The zero-order valence-corrected chi connectivity index (χ0v) is 22.1. The minimum atomic E-state index is -4.80. The smallest absolute Gasteiger partial charge is 0.481 e. The summed E-state index contributed by atoms with van der Waals surface area (Å²) >= 11 is 0. The summed E-state index contributed by atoms with van der Waals surface area (Å²) in [6.45, 7) is 7.32. The van der Waals surface area contributed by atoms with E-state index < -0.39 is 33.0 Å². The van der Waals surface area contributed by atoms with Gasteiger partial charge in [0.05, 0.1) is 0 Å². The third-order valence-electron chi connectivity index (χ3n) is 6.66. The number of likely N-dealkylation sites (tertiary alicyclic amines) is 1. The summed E-state index contributed by atoms with van der Waals surface area (Å²) in [7, 11) is -1.44. The molecule has 0 amide bonds. The highest BCUT2D eigenvalue weighted by Crippen LogP contribution is 2.40. The highest BCUT2D eigenvalue weighted by Gasteiger charge is 2.36. The minimum Gasteiger partial charge on any atom is -0.481 e. The van der Waals surface area contributed by atoms with E-state index >= 15 is 0 Å². The van der Waals surface area contributed by atoms with Crippen LogP contribution in [-0.4, -0.2) is 49.2 Å². The standard InChI is InChI=1S/C25H37F6NO3Si/c1-36(2,3)15-12-20(6-4-5-13-24(26,27)28)32-14-11-18(17-23(33)34)16-22(32)19-7-9-21(10-8-19)35-25(29,30)31/h7-10,18,20,22H,4-6,11-17H2,1-3H3,(H,33,34)/t18-,20-,22+/m1/s1. The molecule has 0 aliphatic carbocycles. The van der Waals surface area contributed by atoms with Gasteiger partial charge >= 0.3 is 18.5 Å². The molecule has 4 nitrogen and oxygen atoms in total. The summed E-state index contributed by atoms with van der Waals surface area (Å²) in [5, 5.41) is 9.30. The lowest BCUT2D eigenvalue weighted by Crippen LogP contribution is -2.44. The Balaban J connectivity index is 2.26. The van der Waals surface area contributed by atoms with Crippen LogP contribution >= 0.6 is 0 Å². The molecule has 1 heterocycles. The molecule has 0 bridgehead atoms. The van der Waals surface area contributed by atoms with Crippen molar-refractivity contribution in [2.75, 3.05) is 6.54 Å². The first-order valence-electron chi connectivity index (χ1n) is 12.4. The van der Waals surface area contributed by atoms with E-state index in [1.807, 2.05) is 0 Å². The SMILES string of the molecule is C[Si](C)(C)CC[C@@H](CCCCC(F)(F)F)N1CC[C@@H](CC(=O)O)C[C@H]1c1ccc(OC(F)(F)F)cc1. The zero-order chi connectivity index (χ0) is 27.1. The van der Waals surface area contributed by atoms with Crippen LogP contribution in [0.5, 0.6) is 5.75 Å². The molecule has 0 saturated carbocycles. The number of alkyl halides is 6. The Hall–Kier alpha value is -1.75. The summed E-state index contributed by atoms with van der Waals surface area (Å²) in [6, 6.07) is 6.44. The van der Waals surface area contributed by atoms with E-state index in [2.05, 4.69) is 29.3 Å². The maximum atomic E-state index is 12.7.